The molecule has 2 heteroatoms. The minimum Gasteiger partial charge on any atom is -0.0622 e. The molecule has 0 aliphatic carbocycles. The van der Waals surface area contributed by atoms with Crippen LogP contribution in [-0.4, -0.2) is 0 Å². The third-order valence-electron chi connectivity index (χ3n) is 3.04. The van der Waals surface area contributed by atoms with Crippen LogP contribution in [0.4, 0.5) is 0 Å². The zero-order valence-corrected chi connectivity index (χ0v) is 15.6. The second-order valence-electron chi connectivity index (χ2n) is 4.34. The number of rotatable bonds is 3. The Balaban J connectivity index is 0.00000147. The Hall–Kier alpha value is -1.04. The second-order valence-corrected chi connectivity index (χ2v) is 6.56. The molecule has 20 heavy (non-hydrogen) atoms. The monoisotopic (exact) mass is 442 g/mol. The minimum absolute atomic E-state index is 0. The Labute approximate surface area is 140 Å². The first kappa shape index (κ1) is 15.4. The van der Waals surface area contributed by atoms with E-state index in [-0.39, 0.29) is 25.8 Å². The van der Waals surface area contributed by atoms with E-state index < -0.39 is 7.92 Å². The van der Waals surface area contributed by atoms with Crippen molar-refractivity contribution < 1.29 is 25.8 Å². The van der Waals surface area contributed by atoms with Crippen molar-refractivity contribution in [1.82, 2.24) is 0 Å². The molecule has 0 aromatic heterocycles. The van der Waals surface area contributed by atoms with Crippen LogP contribution in [0.3, 0.4) is 0 Å². The van der Waals surface area contributed by atoms with Gasteiger partial charge in [0.25, 0.3) is 0 Å². The van der Waals surface area contributed by atoms with E-state index >= 15 is 0 Å². The molecule has 0 radical (unpaired) electrons. The first-order valence-corrected chi connectivity index (χ1v) is 7.74. The summed E-state index contributed by atoms with van der Waals surface area (Å²) in [4.78, 5) is 0. The van der Waals surface area contributed by atoms with Crippen molar-refractivity contribution >= 4 is 23.8 Å². The number of hydrogen-bond acceptors (Lipinski definition) is 0. The van der Waals surface area contributed by atoms with Gasteiger partial charge in [0, 0.05) is 25.8 Å². The number of benzene rings is 3. The molecule has 0 nitrogen and oxygen atoms in total. The normalized spacial score (nSPS) is 10.1. The third-order valence-corrected chi connectivity index (χ3v) is 5.49. The second kappa shape index (κ2) is 7.67. The van der Waals surface area contributed by atoms with Crippen LogP contribution in [0.2, 0.25) is 0 Å². The van der Waals surface area contributed by atoms with E-state index in [1.54, 1.807) is 0 Å². The largest absolute Gasteiger partial charge is 0.0622 e. The molecular formula is C18H15HfP. The average molecular weight is 441 g/mol. The van der Waals surface area contributed by atoms with E-state index in [4.69, 9.17) is 0 Å². The van der Waals surface area contributed by atoms with Gasteiger partial charge in [0.05, 0.1) is 0 Å². The summed E-state index contributed by atoms with van der Waals surface area (Å²) in [6.07, 6.45) is 0. The van der Waals surface area contributed by atoms with Crippen LogP contribution in [0, 0.1) is 0 Å². The maximum absolute atomic E-state index is 2.23. The summed E-state index contributed by atoms with van der Waals surface area (Å²) in [6, 6.07) is 32.3. The van der Waals surface area contributed by atoms with Gasteiger partial charge in [-0.05, 0) is 23.8 Å². The summed E-state index contributed by atoms with van der Waals surface area (Å²) < 4.78 is 0. The summed E-state index contributed by atoms with van der Waals surface area (Å²) in [5, 5.41) is 4.19. The van der Waals surface area contributed by atoms with E-state index in [2.05, 4.69) is 91.0 Å². The van der Waals surface area contributed by atoms with Crippen molar-refractivity contribution in [3.05, 3.63) is 91.0 Å². The van der Waals surface area contributed by atoms with Crippen LogP contribution >= 0.6 is 7.92 Å². The molecule has 0 saturated heterocycles. The maximum Gasteiger partial charge on any atom is 0 e. The molecule has 0 N–H and O–H groups in total. The smallest absolute Gasteiger partial charge is 0 e. The van der Waals surface area contributed by atoms with Gasteiger partial charge in [-0.15, -0.1) is 0 Å². The molecule has 0 unspecified atom stereocenters. The standard InChI is InChI=1S/C18H15P.Hf/c1-4-10-16(11-5-1)19(17-12-6-2-7-13-17)18-14-8-3-9-15-18;/h1-15H;. The Kier molecular flexibility index (Phi) is 5.88. The first-order chi connectivity index (χ1) is 9.45. The van der Waals surface area contributed by atoms with Crippen molar-refractivity contribution in [2.24, 2.45) is 0 Å². The van der Waals surface area contributed by atoms with Crippen LogP contribution in [0.1, 0.15) is 0 Å². The molecule has 0 saturated carbocycles. The fraction of sp³-hybridized carbons (Fsp3) is 0. The van der Waals surface area contributed by atoms with Crippen molar-refractivity contribution in [1.29, 1.82) is 0 Å². The first-order valence-electron chi connectivity index (χ1n) is 6.40. The number of hydrogen-bond donors (Lipinski definition) is 0. The van der Waals surface area contributed by atoms with E-state index in [1.807, 2.05) is 0 Å². The fourth-order valence-corrected chi connectivity index (χ4v) is 4.48. The van der Waals surface area contributed by atoms with Gasteiger partial charge < -0.3 is 0 Å². The minimum atomic E-state index is -0.446. The van der Waals surface area contributed by atoms with Gasteiger partial charge >= 0.3 is 0 Å². The van der Waals surface area contributed by atoms with Crippen LogP contribution in [0.15, 0.2) is 91.0 Å². The van der Waals surface area contributed by atoms with E-state index in [0.717, 1.165) is 0 Å². The van der Waals surface area contributed by atoms with Gasteiger partial charge in [0.15, 0.2) is 0 Å². The molecule has 0 bridgehead atoms. The van der Waals surface area contributed by atoms with Crippen molar-refractivity contribution in [3.8, 4) is 0 Å². The van der Waals surface area contributed by atoms with Crippen molar-refractivity contribution in [2.45, 2.75) is 0 Å². The topological polar surface area (TPSA) is 0 Å². The van der Waals surface area contributed by atoms with E-state index in [1.165, 1.54) is 15.9 Å². The fourth-order valence-electron chi connectivity index (χ4n) is 2.18. The molecule has 3 rings (SSSR count). The predicted molar refractivity (Wildman–Crippen MR) is 85.1 cm³/mol. The molecule has 0 amide bonds. The van der Waals surface area contributed by atoms with Gasteiger partial charge in [-0.3, -0.25) is 0 Å². The van der Waals surface area contributed by atoms with Crippen LogP contribution < -0.4 is 15.9 Å². The van der Waals surface area contributed by atoms with Gasteiger partial charge in [0.1, 0.15) is 0 Å². The molecule has 3 aromatic rings. The van der Waals surface area contributed by atoms with Gasteiger partial charge in [-0.2, -0.15) is 0 Å². The maximum atomic E-state index is 2.23. The Morgan fingerprint density at radius 2 is 0.650 bits per heavy atom. The summed E-state index contributed by atoms with van der Waals surface area (Å²) in [5.74, 6) is 0. The third kappa shape index (κ3) is 3.53. The SMILES string of the molecule is [Hf].c1ccc(P(c2ccccc2)c2ccccc2)cc1. The summed E-state index contributed by atoms with van der Waals surface area (Å²) in [6.45, 7) is 0. The Morgan fingerprint density at radius 1 is 0.400 bits per heavy atom. The van der Waals surface area contributed by atoms with Crippen LogP contribution in [0.5, 0.6) is 0 Å². The summed E-state index contributed by atoms with van der Waals surface area (Å²) in [5.41, 5.74) is 0. The van der Waals surface area contributed by atoms with E-state index in [0.29, 0.717) is 0 Å². The van der Waals surface area contributed by atoms with Gasteiger partial charge in [-0.1, -0.05) is 91.0 Å². The molecule has 0 aliphatic rings. The Bertz CT molecular complexity index is 529. The molecular weight excluding hydrogens is 426 g/mol. The zero-order valence-electron chi connectivity index (χ0n) is 11.1. The quantitative estimate of drug-likeness (QED) is 0.432. The molecule has 0 aliphatic heterocycles. The van der Waals surface area contributed by atoms with Gasteiger partial charge in [-0.25, -0.2) is 0 Å². The predicted octanol–water partition coefficient (Wildman–Crippen LogP) is 3.44. The molecule has 0 fully saturated rings. The molecule has 0 heterocycles. The molecule has 3 aromatic carbocycles. The van der Waals surface area contributed by atoms with Crippen molar-refractivity contribution in [3.63, 3.8) is 0 Å². The van der Waals surface area contributed by atoms with Gasteiger partial charge in [0.2, 0.25) is 0 Å². The van der Waals surface area contributed by atoms with E-state index in [9.17, 15) is 0 Å². The van der Waals surface area contributed by atoms with Crippen molar-refractivity contribution in [2.75, 3.05) is 0 Å². The summed E-state index contributed by atoms with van der Waals surface area (Å²) in [7, 11) is -0.446. The molecule has 96 valence electrons. The Morgan fingerprint density at radius 3 is 0.900 bits per heavy atom. The summed E-state index contributed by atoms with van der Waals surface area (Å²) >= 11 is 0. The molecule has 0 spiro atoms. The van der Waals surface area contributed by atoms with Crippen LogP contribution in [-0.2, 0) is 25.8 Å². The van der Waals surface area contributed by atoms with Crippen LogP contribution in [0.25, 0.3) is 0 Å². The zero-order chi connectivity index (χ0) is 12.9. The molecule has 0 atom stereocenters. The average Bonchev–Trinajstić information content (AvgIpc) is 2.51.